The SMILES string of the molecule is NCCCNc1c2ccccc2cc2ccccc12. The Bertz CT molecular complexity index is 650. The van der Waals surface area contributed by atoms with Crippen molar-refractivity contribution in [3.8, 4) is 0 Å². The summed E-state index contributed by atoms with van der Waals surface area (Å²) in [4.78, 5) is 0. The van der Waals surface area contributed by atoms with E-state index in [1.807, 2.05) is 0 Å². The fourth-order valence-corrected chi connectivity index (χ4v) is 2.52. The van der Waals surface area contributed by atoms with Gasteiger partial charge in [0.2, 0.25) is 0 Å². The molecule has 0 atom stereocenters. The van der Waals surface area contributed by atoms with E-state index >= 15 is 0 Å². The molecule has 2 nitrogen and oxygen atoms in total. The van der Waals surface area contributed by atoms with E-state index in [0.29, 0.717) is 0 Å². The van der Waals surface area contributed by atoms with Crippen LogP contribution in [-0.2, 0) is 0 Å². The molecule has 96 valence electrons. The zero-order chi connectivity index (χ0) is 13.1. The van der Waals surface area contributed by atoms with Crippen LogP contribution in [0.4, 0.5) is 5.69 Å². The number of nitrogens with two attached hydrogens (primary N) is 1. The van der Waals surface area contributed by atoms with E-state index in [2.05, 4.69) is 59.9 Å². The summed E-state index contributed by atoms with van der Waals surface area (Å²) >= 11 is 0. The van der Waals surface area contributed by atoms with Crippen LogP contribution in [0.15, 0.2) is 54.6 Å². The highest BCUT2D eigenvalue weighted by Gasteiger charge is 2.06. The molecule has 2 heteroatoms. The molecule has 0 saturated heterocycles. The normalized spacial score (nSPS) is 11.0. The molecule has 0 fully saturated rings. The van der Waals surface area contributed by atoms with Crippen molar-refractivity contribution in [2.24, 2.45) is 5.73 Å². The molecule has 3 aromatic rings. The molecule has 0 aliphatic rings. The van der Waals surface area contributed by atoms with Gasteiger partial charge in [-0.3, -0.25) is 0 Å². The van der Waals surface area contributed by atoms with Crippen molar-refractivity contribution in [3.05, 3.63) is 54.6 Å². The van der Waals surface area contributed by atoms with Crippen LogP contribution in [-0.4, -0.2) is 13.1 Å². The van der Waals surface area contributed by atoms with E-state index in [4.69, 9.17) is 5.73 Å². The molecular formula is C17H18N2. The number of rotatable bonds is 4. The molecule has 0 aliphatic heterocycles. The predicted molar refractivity (Wildman–Crippen MR) is 83.6 cm³/mol. The van der Waals surface area contributed by atoms with Gasteiger partial charge in [0.25, 0.3) is 0 Å². The van der Waals surface area contributed by atoms with Gasteiger partial charge in [-0.2, -0.15) is 0 Å². The average molecular weight is 250 g/mol. The molecule has 0 radical (unpaired) electrons. The highest BCUT2D eigenvalue weighted by molar-refractivity contribution is 6.10. The van der Waals surface area contributed by atoms with Crippen molar-refractivity contribution in [2.75, 3.05) is 18.4 Å². The fraction of sp³-hybridized carbons (Fsp3) is 0.176. The second-order valence-electron chi connectivity index (χ2n) is 4.76. The van der Waals surface area contributed by atoms with Gasteiger partial charge in [-0.05, 0) is 29.8 Å². The van der Waals surface area contributed by atoms with Gasteiger partial charge in [0.15, 0.2) is 0 Å². The van der Waals surface area contributed by atoms with Crippen molar-refractivity contribution in [3.63, 3.8) is 0 Å². The summed E-state index contributed by atoms with van der Waals surface area (Å²) < 4.78 is 0. The van der Waals surface area contributed by atoms with Crippen molar-refractivity contribution < 1.29 is 0 Å². The Balaban J connectivity index is 2.21. The molecular weight excluding hydrogens is 232 g/mol. The standard InChI is InChI=1S/C17H18N2/c18-10-5-11-19-17-15-8-3-1-6-13(15)12-14-7-2-4-9-16(14)17/h1-4,6-9,12,19H,5,10-11,18H2. The number of hydrogen-bond donors (Lipinski definition) is 2. The molecule has 3 N–H and O–H groups in total. The highest BCUT2D eigenvalue weighted by atomic mass is 14.9. The third kappa shape index (κ3) is 2.27. The number of nitrogens with one attached hydrogen (secondary N) is 1. The summed E-state index contributed by atoms with van der Waals surface area (Å²) in [6, 6.07) is 19.3. The summed E-state index contributed by atoms with van der Waals surface area (Å²) in [5.41, 5.74) is 6.80. The minimum Gasteiger partial charge on any atom is -0.384 e. The van der Waals surface area contributed by atoms with Gasteiger partial charge in [0.1, 0.15) is 0 Å². The summed E-state index contributed by atoms with van der Waals surface area (Å²) in [6.45, 7) is 1.63. The van der Waals surface area contributed by atoms with E-state index in [-0.39, 0.29) is 0 Å². The van der Waals surface area contributed by atoms with Crippen molar-refractivity contribution in [1.29, 1.82) is 0 Å². The van der Waals surface area contributed by atoms with Gasteiger partial charge in [0, 0.05) is 23.0 Å². The molecule has 0 spiro atoms. The molecule has 0 saturated carbocycles. The molecule has 0 aromatic heterocycles. The summed E-state index contributed by atoms with van der Waals surface area (Å²) in [5, 5.41) is 8.65. The van der Waals surface area contributed by atoms with Gasteiger partial charge >= 0.3 is 0 Å². The third-order valence-corrected chi connectivity index (χ3v) is 3.45. The lowest BCUT2D eigenvalue weighted by Crippen LogP contribution is -2.08. The molecule has 0 heterocycles. The van der Waals surface area contributed by atoms with E-state index < -0.39 is 0 Å². The minimum absolute atomic E-state index is 0.718. The first-order valence-electron chi connectivity index (χ1n) is 6.74. The molecule has 0 unspecified atom stereocenters. The Hall–Kier alpha value is -2.06. The van der Waals surface area contributed by atoms with Crippen LogP contribution in [0.25, 0.3) is 21.5 Å². The van der Waals surface area contributed by atoms with Crippen molar-refractivity contribution >= 4 is 27.2 Å². The van der Waals surface area contributed by atoms with Gasteiger partial charge in [-0.15, -0.1) is 0 Å². The van der Waals surface area contributed by atoms with E-state index in [9.17, 15) is 0 Å². The molecule has 3 aromatic carbocycles. The zero-order valence-electron chi connectivity index (χ0n) is 10.9. The maximum atomic E-state index is 5.58. The lowest BCUT2D eigenvalue weighted by atomic mass is 10.0. The first-order chi connectivity index (χ1) is 9.40. The highest BCUT2D eigenvalue weighted by Crippen LogP contribution is 2.32. The van der Waals surface area contributed by atoms with E-state index in [1.165, 1.54) is 27.2 Å². The fourth-order valence-electron chi connectivity index (χ4n) is 2.52. The van der Waals surface area contributed by atoms with E-state index in [0.717, 1.165) is 19.5 Å². The minimum atomic E-state index is 0.718. The lowest BCUT2D eigenvalue weighted by Gasteiger charge is -2.13. The number of benzene rings is 3. The number of anilines is 1. The van der Waals surface area contributed by atoms with Crippen LogP contribution in [0.5, 0.6) is 0 Å². The van der Waals surface area contributed by atoms with Crippen LogP contribution < -0.4 is 11.1 Å². The number of fused-ring (bicyclic) bond motifs is 2. The second kappa shape index (κ2) is 5.29. The summed E-state index contributed by atoms with van der Waals surface area (Å²) in [7, 11) is 0. The molecule has 19 heavy (non-hydrogen) atoms. The van der Waals surface area contributed by atoms with Crippen LogP contribution in [0.3, 0.4) is 0 Å². The Kier molecular flexibility index (Phi) is 3.34. The Labute approximate surface area is 113 Å². The first kappa shape index (κ1) is 12.0. The van der Waals surface area contributed by atoms with Gasteiger partial charge in [0.05, 0.1) is 0 Å². The maximum Gasteiger partial charge on any atom is 0.0499 e. The largest absolute Gasteiger partial charge is 0.384 e. The maximum absolute atomic E-state index is 5.58. The quantitative estimate of drug-likeness (QED) is 0.546. The van der Waals surface area contributed by atoms with Crippen LogP contribution >= 0.6 is 0 Å². The van der Waals surface area contributed by atoms with E-state index in [1.54, 1.807) is 0 Å². The Morgan fingerprint density at radius 3 is 2.00 bits per heavy atom. The topological polar surface area (TPSA) is 38.0 Å². The summed E-state index contributed by atoms with van der Waals surface area (Å²) in [6.07, 6.45) is 0.984. The third-order valence-electron chi connectivity index (χ3n) is 3.45. The van der Waals surface area contributed by atoms with Gasteiger partial charge < -0.3 is 11.1 Å². The molecule has 0 amide bonds. The Morgan fingerprint density at radius 1 is 0.842 bits per heavy atom. The molecule has 3 rings (SSSR count). The van der Waals surface area contributed by atoms with Gasteiger partial charge in [-0.25, -0.2) is 0 Å². The molecule has 0 bridgehead atoms. The zero-order valence-corrected chi connectivity index (χ0v) is 10.9. The monoisotopic (exact) mass is 250 g/mol. The van der Waals surface area contributed by atoms with Crippen molar-refractivity contribution in [1.82, 2.24) is 0 Å². The number of hydrogen-bond acceptors (Lipinski definition) is 2. The summed E-state index contributed by atoms with van der Waals surface area (Å²) in [5.74, 6) is 0. The Morgan fingerprint density at radius 2 is 1.42 bits per heavy atom. The van der Waals surface area contributed by atoms with Gasteiger partial charge in [-0.1, -0.05) is 48.5 Å². The smallest absolute Gasteiger partial charge is 0.0499 e. The molecule has 0 aliphatic carbocycles. The van der Waals surface area contributed by atoms with Crippen LogP contribution in [0.2, 0.25) is 0 Å². The second-order valence-corrected chi connectivity index (χ2v) is 4.76. The lowest BCUT2D eigenvalue weighted by molar-refractivity contribution is 0.876. The predicted octanol–water partition coefficient (Wildman–Crippen LogP) is 3.75. The van der Waals surface area contributed by atoms with Crippen molar-refractivity contribution in [2.45, 2.75) is 6.42 Å². The average Bonchev–Trinajstić information content (AvgIpc) is 2.46. The first-order valence-corrected chi connectivity index (χ1v) is 6.74. The van der Waals surface area contributed by atoms with Crippen LogP contribution in [0, 0.1) is 0 Å². The van der Waals surface area contributed by atoms with Crippen LogP contribution in [0.1, 0.15) is 6.42 Å².